The van der Waals surface area contributed by atoms with E-state index in [0.717, 1.165) is 5.69 Å². The average Bonchev–Trinajstić information content (AvgIpc) is 2.91. The summed E-state index contributed by atoms with van der Waals surface area (Å²) in [4.78, 5) is 0. The summed E-state index contributed by atoms with van der Waals surface area (Å²) in [5.41, 5.74) is 12.2. The Balaban J connectivity index is 2.01. The van der Waals surface area contributed by atoms with Crippen LogP contribution in [0.15, 0.2) is 66.7 Å². The molecule has 1 aliphatic carbocycles. The summed E-state index contributed by atoms with van der Waals surface area (Å²) in [5.74, 6) is 0. The molecule has 0 unspecified atom stereocenters. The molecule has 0 atom stereocenters. The fraction of sp³-hybridized carbons (Fsp3) is 0. The Hall–Kier alpha value is -3.06. The Morgan fingerprint density at radius 3 is 2.17 bits per heavy atom. The first-order valence-corrected chi connectivity index (χ1v) is 7.93. The Bertz CT molecular complexity index is 1260. The van der Waals surface area contributed by atoms with E-state index in [1.54, 1.807) is 0 Å². The van der Waals surface area contributed by atoms with Gasteiger partial charge in [-0.15, -0.1) is 0 Å². The van der Waals surface area contributed by atoms with E-state index < -0.39 is 0 Å². The minimum Gasteiger partial charge on any atom is -0.398 e. The van der Waals surface area contributed by atoms with Crippen molar-refractivity contribution in [2.75, 3.05) is 5.73 Å². The van der Waals surface area contributed by atoms with Crippen LogP contribution in [0.2, 0.25) is 0 Å². The first-order valence-electron chi connectivity index (χ1n) is 7.93. The van der Waals surface area contributed by atoms with E-state index in [9.17, 15) is 0 Å². The molecule has 0 aliphatic heterocycles. The molecule has 5 aromatic carbocycles. The lowest BCUT2D eigenvalue weighted by Crippen LogP contribution is -1.88. The number of anilines is 1. The molecule has 0 radical (unpaired) electrons. The van der Waals surface area contributed by atoms with Crippen molar-refractivity contribution in [3.63, 3.8) is 0 Å². The zero-order valence-corrected chi connectivity index (χ0v) is 12.4. The number of fused-ring (bicyclic) bond motifs is 3. The van der Waals surface area contributed by atoms with E-state index in [1.807, 2.05) is 6.07 Å². The lowest BCUT2D eigenvalue weighted by Gasteiger charge is -2.12. The topological polar surface area (TPSA) is 26.0 Å². The number of nitrogen functional groups attached to an aromatic ring is 1. The minimum atomic E-state index is 0.865. The van der Waals surface area contributed by atoms with E-state index in [4.69, 9.17) is 5.73 Å². The first kappa shape index (κ1) is 11.5. The quantitative estimate of drug-likeness (QED) is 0.277. The molecule has 0 saturated heterocycles. The highest BCUT2D eigenvalue weighted by atomic mass is 14.6. The second-order valence-corrected chi connectivity index (χ2v) is 6.42. The molecule has 0 spiro atoms. The van der Waals surface area contributed by atoms with Crippen LogP contribution in [0.1, 0.15) is 0 Å². The van der Waals surface area contributed by atoms with Crippen LogP contribution in [0.25, 0.3) is 54.6 Å². The van der Waals surface area contributed by atoms with E-state index in [-0.39, 0.29) is 0 Å². The molecule has 5 aromatic rings. The molecule has 6 rings (SSSR count). The van der Waals surface area contributed by atoms with Crippen LogP contribution in [0.4, 0.5) is 5.69 Å². The molecule has 0 amide bonds. The lowest BCUT2D eigenvalue weighted by atomic mass is 9.91. The molecule has 23 heavy (non-hydrogen) atoms. The van der Waals surface area contributed by atoms with Gasteiger partial charge in [0.2, 0.25) is 0 Å². The van der Waals surface area contributed by atoms with Crippen LogP contribution < -0.4 is 5.73 Å². The number of nitrogens with two attached hydrogens (primary N) is 1. The number of hydrogen-bond donors (Lipinski definition) is 1. The summed E-state index contributed by atoms with van der Waals surface area (Å²) in [6.07, 6.45) is 0. The molecule has 0 fully saturated rings. The average molecular weight is 291 g/mol. The fourth-order valence-electron chi connectivity index (χ4n) is 4.37. The van der Waals surface area contributed by atoms with Gasteiger partial charge in [-0.25, -0.2) is 0 Å². The van der Waals surface area contributed by atoms with Gasteiger partial charge in [-0.1, -0.05) is 54.6 Å². The molecule has 1 heteroatoms. The highest BCUT2D eigenvalue weighted by molar-refractivity contribution is 6.32. The number of hydrogen-bond acceptors (Lipinski definition) is 1. The Morgan fingerprint density at radius 1 is 0.522 bits per heavy atom. The summed E-state index contributed by atoms with van der Waals surface area (Å²) in [6.45, 7) is 0. The van der Waals surface area contributed by atoms with Crippen molar-refractivity contribution in [1.82, 2.24) is 0 Å². The summed E-state index contributed by atoms with van der Waals surface area (Å²) in [6, 6.07) is 24.1. The predicted molar refractivity (Wildman–Crippen MR) is 99.0 cm³/mol. The second kappa shape index (κ2) is 3.64. The summed E-state index contributed by atoms with van der Waals surface area (Å²) < 4.78 is 0. The monoisotopic (exact) mass is 291 g/mol. The van der Waals surface area contributed by atoms with E-state index in [2.05, 4.69) is 60.7 Å². The van der Waals surface area contributed by atoms with Crippen molar-refractivity contribution in [2.24, 2.45) is 0 Å². The van der Waals surface area contributed by atoms with Gasteiger partial charge >= 0.3 is 0 Å². The molecule has 1 aliphatic rings. The van der Waals surface area contributed by atoms with E-state index in [1.165, 1.54) is 54.6 Å². The van der Waals surface area contributed by atoms with Crippen molar-refractivity contribution in [3.8, 4) is 22.3 Å². The standard InChI is InChI=1S/C22H13N/c23-18-6-2-5-15-17-11-14-4-1-3-12-7-8-13-9-10-16(21(15)18)22(17)20(13)19(12)14/h1-11H,23H2. The van der Waals surface area contributed by atoms with Crippen molar-refractivity contribution >= 4 is 38.0 Å². The van der Waals surface area contributed by atoms with Crippen molar-refractivity contribution < 1.29 is 0 Å². The summed E-state index contributed by atoms with van der Waals surface area (Å²) in [5, 5.41) is 8.03. The van der Waals surface area contributed by atoms with Gasteiger partial charge in [0.25, 0.3) is 0 Å². The second-order valence-electron chi connectivity index (χ2n) is 6.42. The molecule has 0 heterocycles. The van der Waals surface area contributed by atoms with Gasteiger partial charge in [0, 0.05) is 11.3 Å². The predicted octanol–water partition coefficient (Wildman–Crippen LogP) is 5.81. The Kier molecular flexibility index (Phi) is 1.82. The Morgan fingerprint density at radius 2 is 1.26 bits per heavy atom. The largest absolute Gasteiger partial charge is 0.398 e. The maximum atomic E-state index is 6.32. The van der Waals surface area contributed by atoms with Crippen LogP contribution in [0, 0.1) is 0 Å². The Labute approximate surface area is 133 Å². The van der Waals surface area contributed by atoms with Crippen LogP contribution in [0.3, 0.4) is 0 Å². The van der Waals surface area contributed by atoms with Crippen LogP contribution >= 0.6 is 0 Å². The lowest BCUT2D eigenvalue weighted by molar-refractivity contribution is 1.68. The molecule has 0 bridgehead atoms. The molecule has 0 saturated carbocycles. The third-order valence-electron chi connectivity index (χ3n) is 5.28. The van der Waals surface area contributed by atoms with Crippen LogP contribution in [0.5, 0.6) is 0 Å². The highest BCUT2D eigenvalue weighted by Gasteiger charge is 2.25. The van der Waals surface area contributed by atoms with Gasteiger partial charge in [-0.05, 0) is 61.1 Å². The minimum absolute atomic E-state index is 0.865. The third-order valence-corrected chi connectivity index (χ3v) is 5.28. The third kappa shape index (κ3) is 1.21. The number of rotatable bonds is 0. The first-order chi connectivity index (χ1) is 11.3. The van der Waals surface area contributed by atoms with E-state index >= 15 is 0 Å². The molecule has 1 nitrogen and oxygen atoms in total. The smallest absolute Gasteiger partial charge is 0.0400 e. The molecule has 106 valence electrons. The summed E-state index contributed by atoms with van der Waals surface area (Å²) >= 11 is 0. The van der Waals surface area contributed by atoms with Gasteiger partial charge in [0.15, 0.2) is 0 Å². The summed E-state index contributed by atoms with van der Waals surface area (Å²) in [7, 11) is 0. The van der Waals surface area contributed by atoms with E-state index in [0.29, 0.717) is 0 Å². The van der Waals surface area contributed by atoms with Gasteiger partial charge in [0.05, 0.1) is 0 Å². The molecular weight excluding hydrogens is 278 g/mol. The highest BCUT2D eigenvalue weighted by Crippen LogP contribution is 2.53. The SMILES string of the molecule is Nc1cccc2c1-c1ccc3ccc4cccc5cc-2c1c3c45. The van der Waals surface area contributed by atoms with Crippen molar-refractivity contribution in [2.45, 2.75) is 0 Å². The zero-order chi connectivity index (χ0) is 15.1. The fourth-order valence-corrected chi connectivity index (χ4v) is 4.37. The maximum absolute atomic E-state index is 6.32. The van der Waals surface area contributed by atoms with Crippen LogP contribution in [-0.4, -0.2) is 0 Å². The van der Waals surface area contributed by atoms with Gasteiger partial charge < -0.3 is 5.73 Å². The molecule has 0 aromatic heterocycles. The zero-order valence-electron chi connectivity index (χ0n) is 12.4. The molecular formula is C22H13N. The molecule has 2 N–H and O–H groups in total. The van der Waals surface area contributed by atoms with Crippen molar-refractivity contribution in [1.29, 1.82) is 0 Å². The van der Waals surface area contributed by atoms with Gasteiger partial charge in [-0.3, -0.25) is 0 Å². The van der Waals surface area contributed by atoms with Crippen LogP contribution in [-0.2, 0) is 0 Å². The van der Waals surface area contributed by atoms with Gasteiger partial charge in [-0.2, -0.15) is 0 Å². The normalized spacial score (nSPS) is 12.5. The maximum Gasteiger partial charge on any atom is 0.0400 e. The van der Waals surface area contributed by atoms with Crippen molar-refractivity contribution in [3.05, 3.63) is 66.7 Å². The van der Waals surface area contributed by atoms with Gasteiger partial charge in [0.1, 0.15) is 0 Å². The number of benzene rings is 5.